The second-order valence-corrected chi connectivity index (χ2v) is 3.16. The summed E-state index contributed by atoms with van der Waals surface area (Å²) >= 11 is 0. The quantitative estimate of drug-likeness (QED) is 0.691. The largest absolute Gasteiger partial charge is 0.489 e. The predicted octanol–water partition coefficient (Wildman–Crippen LogP) is 2.13. The Morgan fingerprint density at radius 3 is 2.67 bits per heavy atom. The first-order valence-corrected chi connectivity index (χ1v) is 4.58. The number of hydrogen-bond donors (Lipinski definition) is 0. The topological polar surface area (TPSA) is 56.8 Å². The van der Waals surface area contributed by atoms with E-state index in [1.54, 1.807) is 6.08 Å². The van der Waals surface area contributed by atoms with E-state index in [9.17, 15) is 0 Å². The summed E-state index contributed by atoms with van der Waals surface area (Å²) in [5, 5.41) is 17.7. The number of fused-ring (bicyclic) bond motifs is 1. The molecule has 0 bridgehead atoms. The van der Waals surface area contributed by atoms with Gasteiger partial charge in [0.2, 0.25) is 0 Å². The first-order valence-electron chi connectivity index (χ1n) is 4.58. The number of nitriles is 2. The third-order valence-corrected chi connectivity index (χ3v) is 2.31. The maximum Gasteiger partial charge on any atom is 0.158 e. The first-order chi connectivity index (χ1) is 7.36. The SMILES string of the molecule is N#CC(C#N)C1=CCOc2ccccc21. The van der Waals surface area contributed by atoms with Crippen molar-refractivity contribution >= 4 is 5.57 Å². The third kappa shape index (κ3) is 1.56. The van der Waals surface area contributed by atoms with E-state index in [1.807, 2.05) is 36.4 Å². The smallest absolute Gasteiger partial charge is 0.158 e. The Hall–Kier alpha value is -2.26. The van der Waals surface area contributed by atoms with Gasteiger partial charge in [-0.15, -0.1) is 0 Å². The number of hydrogen-bond acceptors (Lipinski definition) is 3. The zero-order valence-corrected chi connectivity index (χ0v) is 7.97. The lowest BCUT2D eigenvalue weighted by molar-refractivity contribution is 0.356. The molecule has 0 saturated carbocycles. The standard InChI is InChI=1S/C12H8N2O/c13-7-9(8-14)10-5-6-15-12-4-2-1-3-11(10)12/h1-5,9H,6H2. The maximum atomic E-state index is 8.85. The molecule has 0 amide bonds. The number of benzene rings is 1. The highest BCUT2D eigenvalue weighted by Gasteiger charge is 2.20. The van der Waals surface area contributed by atoms with Crippen LogP contribution in [0.25, 0.3) is 5.57 Å². The van der Waals surface area contributed by atoms with Gasteiger partial charge in [0.25, 0.3) is 0 Å². The summed E-state index contributed by atoms with van der Waals surface area (Å²) in [6, 6.07) is 11.4. The summed E-state index contributed by atoms with van der Waals surface area (Å²) in [5.41, 5.74) is 1.60. The van der Waals surface area contributed by atoms with Crippen LogP contribution in [0, 0.1) is 28.6 Å². The second kappa shape index (κ2) is 3.86. The molecule has 2 rings (SSSR count). The zero-order chi connectivity index (χ0) is 10.7. The van der Waals surface area contributed by atoms with E-state index in [0.717, 1.165) is 16.9 Å². The molecular weight excluding hydrogens is 188 g/mol. The van der Waals surface area contributed by atoms with Crippen LogP contribution in [-0.2, 0) is 0 Å². The molecule has 0 fully saturated rings. The molecule has 0 unspecified atom stereocenters. The molecule has 1 aromatic carbocycles. The van der Waals surface area contributed by atoms with Crippen LogP contribution in [0.1, 0.15) is 5.56 Å². The molecule has 0 radical (unpaired) electrons. The van der Waals surface area contributed by atoms with Crippen molar-refractivity contribution in [1.29, 1.82) is 10.5 Å². The van der Waals surface area contributed by atoms with Gasteiger partial charge in [0, 0.05) is 5.56 Å². The molecule has 0 aromatic heterocycles. The average Bonchev–Trinajstić information content (AvgIpc) is 2.31. The Bertz CT molecular complexity index is 477. The van der Waals surface area contributed by atoms with E-state index in [-0.39, 0.29) is 0 Å². The molecule has 0 N–H and O–H groups in total. The highest BCUT2D eigenvalue weighted by Crippen LogP contribution is 2.33. The van der Waals surface area contributed by atoms with Crippen molar-refractivity contribution in [1.82, 2.24) is 0 Å². The summed E-state index contributed by atoms with van der Waals surface area (Å²) in [7, 11) is 0. The van der Waals surface area contributed by atoms with Crippen LogP contribution in [0.5, 0.6) is 5.75 Å². The van der Waals surface area contributed by atoms with Gasteiger partial charge in [-0.05, 0) is 17.7 Å². The van der Waals surface area contributed by atoms with Gasteiger partial charge in [0.1, 0.15) is 12.4 Å². The molecule has 3 nitrogen and oxygen atoms in total. The second-order valence-electron chi connectivity index (χ2n) is 3.16. The molecule has 0 saturated heterocycles. The lowest BCUT2D eigenvalue weighted by Crippen LogP contribution is -2.09. The minimum absolute atomic E-state index is 0.423. The normalized spacial score (nSPS) is 13.1. The molecule has 0 spiro atoms. The summed E-state index contributed by atoms with van der Waals surface area (Å²) < 4.78 is 5.40. The minimum atomic E-state index is -0.713. The van der Waals surface area contributed by atoms with Crippen molar-refractivity contribution < 1.29 is 4.74 Å². The zero-order valence-electron chi connectivity index (χ0n) is 7.97. The molecule has 1 heterocycles. The number of nitrogens with zero attached hydrogens (tertiary/aromatic N) is 2. The Balaban J connectivity index is 2.49. The van der Waals surface area contributed by atoms with Crippen molar-refractivity contribution in [3.63, 3.8) is 0 Å². The van der Waals surface area contributed by atoms with Crippen molar-refractivity contribution in [2.24, 2.45) is 5.92 Å². The molecule has 3 heteroatoms. The number of para-hydroxylation sites is 1. The maximum absolute atomic E-state index is 8.85. The summed E-state index contributed by atoms with van der Waals surface area (Å²) in [5.74, 6) is 0.0283. The van der Waals surface area contributed by atoms with Gasteiger partial charge < -0.3 is 4.74 Å². The van der Waals surface area contributed by atoms with Gasteiger partial charge in [0.05, 0.1) is 12.1 Å². The number of rotatable bonds is 1. The molecule has 72 valence electrons. The fraction of sp³-hybridized carbons (Fsp3) is 0.167. The van der Waals surface area contributed by atoms with Crippen LogP contribution in [0.15, 0.2) is 30.3 Å². The molecule has 15 heavy (non-hydrogen) atoms. The van der Waals surface area contributed by atoms with E-state index < -0.39 is 5.92 Å². The fourth-order valence-corrected chi connectivity index (χ4v) is 1.60. The van der Waals surface area contributed by atoms with Crippen LogP contribution in [0.3, 0.4) is 0 Å². The van der Waals surface area contributed by atoms with Crippen LogP contribution in [0.4, 0.5) is 0 Å². The van der Waals surface area contributed by atoms with E-state index in [2.05, 4.69) is 0 Å². The van der Waals surface area contributed by atoms with Crippen LogP contribution in [-0.4, -0.2) is 6.61 Å². The summed E-state index contributed by atoms with van der Waals surface area (Å²) in [6.07, 6.45) is 1.79. The van der Waals surface area contributed by atoms with Crippen LogP contribution < -0.4 is 4.74 Å². The Labute approximate surface area is 87.8 Å². The Morgan fingerprint density at radius 1 is 1.20 bits per heavy atom. The van der Waals surface area contributed by atoms with Gasteiger partial charge in [-0.2, -0.15) is 10.5 Å². The van der Waals surface area contributed by atoms with Crippen molar-refractivity contribution in [3.05, 3.63) is 35.9 Å². The number of ether oxygens (including phenoxy) is 1. The van der Waals surface area contributed by atoms with Crippen molar-refractivity contribution in [3.8, 4) is 17.9 Å². The lowest BCUT2D eigenvalue weighted by Gasteiger charge is -2.18. The highest BCUT2D eigenvalue weighted by molar-refractivity contribution is 5.76. The van der Waals surface area contributed by atoms with Gasteiger partial charge in [-0.1, -0.05) is 18.2 Å². The Kier molecular flexibility index (Phi) is 2.39. The first kappa shape index (κ1) is 9.30. The van der Waals surface area contributed by atoms with Crippen LogP contribution in [0.2, 0.25) is 0 Å². The van der Waals surface area contributed by atoms with Gasteiger partial charge >= 0.3 is 0 Å². The summed E-state index contributed by atoms with van der Waals surface area (Å²) in [4.78, 5) is 0. The molecule has 0 aliphatic carbocycles. The van der Waals surface area contributed by atoms with Crippen molar-refractivity contribution in [2.75, 3.05) is 6.61 Å². The van der Waals surface area contributed by atoms with Crippen LogP contribution >= 0.6 is 0 Å². The average molecular weight is 196 g/mol. The van der Waals surface area contributed by atoms with Crippen molar-refractivity contribution in [2.45, 2.75) is 0 Å². The predicted molar refractivity (Wildman–Crippen MR) is 54.6 cm³/mol. The lowest BCUT2D eigenvalue weighted by atomic mass is 9.92. The van der Waals surface area contributed by atoms with Gasteiger partial charge in [0.15, 0.2) is 5.92 Å². The monoisotopic (exact) mass is 196 g/mol. The van der Waals surface area contributed by atoms with E-state index >= 15 is 0 Å². The van der Waals surface area contributed by atoms with E-state index in [4.69, 9.17) is 15.3 Å². The third-order valence-electron chi connectivity index (χ3n) is 2.31. The molecule has 0 atom stereocenters. The highest BCUT2D eigenvalue weighted by atomic mass is 16.5. The molecular formula is C12H8N2O. The number of allylic oxidation sites excluding steroid dienone is 1. The van der Waals surface area contributed by atoms with Gasteiger partial charge in [-0.3, -0.25) is 0 Å². The van der Waals surface area contributed by atoms with E-state index in [1.165, 1.54) is 0 Å². The van der Waals surface area contributed by atoms with E-state index in [0.29, 0.717) is 6.61 Å². The van der Waals surface area contributed by atoms with Gasteiger partial charge in [-0.25, -0.2) is 0 Å². The minimum Gasteiger partial charge on any atom is -0.489 e. The molecule has 1 aromatic rings. The molecule has 1 aliphatic heterocycles. The molecule has 1 aliphatic rings. The fourth-order valence-electron chi connectivity index (χ4n) is 1.60. The summed E-state index contributed by atoms with van der Waals surface area (Å²) in [6.45, 7) is 0.423. The Morgan fingerprint density at radius 2 is 1.93 bits per heavy atom.